The molecular weight excluding hydrogens is 258 g/mol. The SMILES string of the molecule is CCOc1ccc2nc(N3CCC(N)CC3)sc2c1. The van der Waals surface area contributed by atoms with Crippen molar-refractivity contribution in [1.29, 1.82) is 0 Å². The third-order valence-corrected chi connectivity index (χ3v) is 4.55. The Balaban J connectivity index is 1.84. The normalized spacial score (nSPS) is 17.1. The summed E-state index contributed by atoms with van der Waals surface area (Å²) in [6.45, 7) is 4.72. The van der Waals surface area contributed by atoms with Gasteiger partial charge in [0.1, 0.15) is 5.75 Å². The maximum atomic E-state index is 5.94. The van der Waals surface area contributed by atoms with Crippen molar-refractivity contribution in [1.82, 2.24) is 4.98 Å². The van der Waals surface area contributed by atoms with E-state index < -0.39 is 0 Å². The molecule has 1 fully saturated rings. The van der Waals surface area contributed by atoms with E-state index in [1.54, 1.807) is 11.3 Å². The van der Waals surface area contributed by atoms with Crippen LogP contribution in [0.15, 0.2) is 18.2 Å². The van der Waals surface area contributed by atoms with Crippen LogP contribution in [-0.2, 0) is 0 Å². The number of aromatic nitrogens is 1. The summed E-state index contributed by atoms with van der Waals surface area (Å²) in [5, 5.41) is 1.11. The van der Waals surface area contributed by atoms with E-state index in [2.05, 4.69) is 11.0 Å². The summed E-state index contributed by atoms with van der Waals surface area (Å²) >= 11 is 1.74. The number of hydrogen-bond donors (Lipinski definition) is 1. The molecule has 0 aliphatic carbocycles. The first-order valence-electron chi connectivity index (χ1n) is 6.80. The minimum Gasteiger partial charge on any atom is -0.494 e. The van der Waals surface area contributed by atoms with Crippen molar-refractivity contribution in [2.24, 2.45) is 5.73 Å². The summed E-state index contributed by atoms with van der Waals surface area (Å²) in [6.07, 6.45) is 2.11. The van der Waals surface area contributed by atoms with Crippen LogP contribution in [0.4, 0.5) is 5.13 Å². The fraction of sp³-hybridized carbons (Fsp3) is 0.500. The molecule has 0 saturated carbocycles. The molecule has 1 aromatic heterocycles. The zero-order valence-corrected chi connectivity index (χ0v) is 11.9. The summed E-state index contributed by atoms with van der Waals surface area (Å²) < 4.78 is 6.72. The molecule has 2 aromatic rings. The maximum absolute atomic E-state index is 5.94. The van der Waals surface area contributed by atoms with E-state index in [9.17, 15) is 0 Å². The number of nitrogens with two attached hydrogens (primary N) is 1. The van der Waals surface area contributed by atoms with Crippen molar-refractivity contribution in [2.45, 2.75) is 25.8 Å². The minimum absolute atomic E-state index is 0.357. The van der Waals surface area contributed by atoms with Crippen molar-refractivity contribution in [3.8, 4) is 5.75 Å². The number of nitrogens with zero attached hydrogens (tertiary/aromatic N) is 2. The molecule has 1 aliphatic heterocycles. The summed E-state index contributed by atoms with van der Waals surface area (Å²) in [6, 6.07) is 6.46. The monoisotopic (exact) mass is 277 g/mol. The lowest BCUT2D eigenvalue weighted by atomic mass is 10.1. The molecule has 5 heteroatoms. The zero-order valence-electron chi connectivity index (χ0n) is 11.1. The molecule has 102 valence electrons. The van der Waals surface area contributed by atoms with Crippen molar-refractivity contribution >= 4 is 26.7 Å². The van der Waals surface area contributed by atoms with Crippen molar-refractivity contribution in [2.75, 3.05) is 24.6 Å². The first-order valence-corrected chi connectivity index (χ1v) is 7.62. The number of benzene rings is 1. The Morgan fingerprint density at radius 2 is 2.21 bits per heavy atom. The van der Waals surface area contributed by atoms with E-state index in [4.69, 9.17) is 15.5 Å². The molecule has 0 radical (unpaired) electrons. The fourth-order valence-corrected chi connectivity index (χ4v) is 3.42. The van der Waals surface area contributed by atoms with Crippen molar-refractivity contribution in [3.63, 3.8) is 0 Å². The average molecular weight is 277 g/mol. The quantitative estimate of drug-likeness (QED) is 0.937. The number of anilines is 1. The summed E-state index contributed by atoms with van der Waals surface area (Å²) in [4.78, 5) is 7.05. The first kappa shape index (κ1) is 12.7. The molecule has 0 atom stereocenters. The van der Waals surface area contributed by atoms with Crippen LogP contribution in [0.3, 0.4) is 0 Å². The predicted molar refractivity (Wildman–Crippen MR) is 80.2 cm³/mol. The van der Waals surface area contributed by atoms with Gasteiger partial charge in [-0.1, -0.05) is 11.3 Å². The number of ether oxygens (including phenoxy) is 1. The lowest BCUT2D eigenvalue weighted by molar-refractivity contribution is 0.341. The largest absolute Gasteiger partial charge is 0.494 e. The standard InChI is InChI=1S/C14H19N3OS/c1-2-18-11-3-4-12-13(9-11)19-14(16-12)17-7-5-10(15)6-8-17/h3-4,9-10H,2,5-8,15H2,1H3. The van der Waals surface area contributed by atoms with Gasteiger partial charge in [0.15, 0.2) is 5.13 Å². The predicted octanol–water partition coefficient (Wildman–Crippen LogP) is 2.62. The number of rotatable bonds is 3. The molecule has 2 N–H and O–H groups in total. The number of thiazole rings is 1. The molecule has 0 amide bonds. The third kappa shape index (κ3) is 2.67. The molecule has 0 unspecified atom stereocenters. The molecule has 0 spiro atoms. The second-order valence-electron chi connectivity index (χ2n) is 4.88. The van der Waals surface area contributed by atoms with Gasteiger partial charge in [0.05, 0.1) is 16.8 Å². The summed E-state index contributed by atoms with van der Waals surface area (Å²) in [7, 11) is 0. The molecule has 1 aliphatic rings. The minimum atomic E-state index is 0.357. The fourth-order valence-electron chi connectivity index (χ4n) is 2.38. The smallest absolute Gasteiger partial charge is 0.186 e. The van der Waals surface area contributed by atoms with Gasteiger partial charge in [-0.3, -0.25) is 0 Å². The van der Waals surface area contributed by atoms with E-state index >= 15 is 0 Å². The van der Waals surface area contributed by atoms with Crippen molar-refractivity contribution in [3.05, 3.63) is 18.2 Å². The Morgan fingerprint density at radius 3 is 2.95 bits per heavy atom. The molecule has 3 rings (SSSR count). The van der Waals surface area contributed by atoms with Crippen LogP contribution in [0.5, 0.6) is 5.75 Å². The highest BCUT2D eigenvalue weighted by molar-refractivity contribution is 7.22. The van der Waals surface area contributed by atoms with Crippen LogP contribution in [0.25, 0.3) is 10.2 Å². The summed E-state index contributed by atoms with van der Waals surface area (Å²) in [5.41, 5.74) is 7.00. The second kappa shape index (κ2) is 5.35. The lowest BCUT2D eigenvalue weighted by Gasteiger charge is -2.29. The summed E-state index contributed by atoms with van der Waals surface area (Å²) in [5.74, 6) is 0.922. The Bertz CT molecular complexity index is 561. The van der Waals surface area contributed by atoms with Crippen LogP contribution in [0.1, 0.15) is 19.8 Å². The Hall–Kier alpha value is -1.33. The van der Waals surface area contributed by atoms with Gasteiger partial charge in [0, 0.05) is 19.1 Å². The highest BCUT2D eigenvalue weighted by Gasteiger charge is 2.19. The molecule has 19 heavy (non-hydrogen) atoms. The average Bonchev–Trinajstić information content (AvgIpc) is 2.83. The van der Waals surface area contributed by atoms with Gasteiger partial charge >= 0.3 is 0 Å². The van der Waals surface area contributed by atoms with Gasteiger partial charge in [0.25, 0.3) is 0 Å². The van der Waals surface area contributed by atoms with E-state index in [0.717, 1.165) is 42.3 Å². The lowest BCUT2D eigenvalue weighted by Crippen LogP contribution is -2.39. The van der Waals surface area contributed by atoms with Crippen LogP contribution >= 0.6 is 11.3 Å². The Kier molecular flexibility index (Phi) is 3.57. The topological polar surface area (TPSA) is 51.4 Å². The van der Waals surface area contributed by atoms with Crippen molar-refractivity contribution < 1.29 is 4.74 Å². The molecule has 4 nitrogen and oxygen atoms in total. The van der Waals surface area contributed by atoms with Gasteiger partial charge < -0.3 is 15.4 Å². The third-order valence-electron chi connectivity index (χ3n) is 3.47. The van der Waals surface area contributed by atoms with Gasteiger partial charge in [-0.05, 0) is 38.0 Å². The number of piperidine rings is 1. The van der Waals surface area contributed by atoms with E-state index in [-0.39, 0.29) is 0 Å². The van der Waals surface area contributed by atoms with Gasteiger partial charge in [0.2, 0.25) is 0 Å². The zero-order chi connectivity index (χ0) is 13.2. The first-order chi connectivity index (χ1) is 9.26. The van der Waals surface area contributed by atoms with Crippen LogP contribution in [-0.4, -0.2) is 30.7 Å². The highest BCUT2D eigenvalue weighted by atomic mass is 32.1. The molecule has 0 bridgehead atoms. The van der Waals surface area contributed by atoms with Gasteiger partial charge in [-0.2, -0.15) is 0 Å². The number of hydrogen-bond acceptors (Lipinski definition) is 5. The van der Waals surface area contributed by atoms with Gasteiger partial charge in [-0.15, -0.1) is 0 Å². The molecule has 1 aromatic carbocycles. The molecule has 1 saturated heterocycles. The highest BCUT2D eigenvalue weighted by Crippen LogP contribution is 2.32. The number of fused-ring (bicyclic) bond motifs is 1. The van der Waals surface area contributed by atoms with E-state index in [1.807, 2.05) is 19.1 Å². The Morgan fingerprint density at radius 1 is 1.42 bits per heavy atom. The van der Waals surface area contributed by atoms with Crippen LogP contribution in [0, 0.1) is 0 Å². The Labute approximate surface area is 117 Å². The van der Waals surface area contributed by atoms with Crippen LogP contribution < -0.4 is 15.4 Å². The molecular formula is C14H19N3OS. The van der Waals surface area contributed by atoms with Gasteiger partial charge in [-0.25, -0.2) is 4.98 Å². The second-order valence-corrected chi connectivity index (χ2v) is 5.89. The van der Waals surface area contributed by atoms with Crippen LogP contribution in [0.2, 0.25) is 0 Å². The molecule has 2 heterocycles. The van der Waals surface area contributed by atoms with E-state index in [1.165, 1.54) is 4.70 Å². The van der Waals surface area contributed by atoms with E-state index in [0.29, 0.717) is 12.6 Å². The maximum Gasteiger partial charge on any atom is 0.186 e.